The van der Waals surface area contributed by atoms with Crippen LogP contribution in [0.5, 0.6) is 0 Å². The smallest absolute Gasteiger partial charge is 0.0784 e. The Balaban J connectivity index is 3.74. The lowest BCUT2D eigenvalue weighted by Gasteiger charge is -2.31. The van der Waals surface area contributed by atoms with Crippen molar-refractivity contribution >= 4 is 0 Å². The van der Waals surface area contributed by atoms with Gasteiger partial charge in [0.15, 0.2) is 0 Å². The standard InChI is InChI=1S/C24H58N4/c1-25(2,3)19-15-17-23-27(7,8)21-13-11-12-14-22-28(9,10)24-18-16-20-26(4,5)6/h11-24H2,1-10H3/q+4. The van der Waals surface area contributed by atoms with E-state index in [9.17, 15) is 0 Å². The molecule has 0 rings (SSSR count). The van der Waals surface area contributed by atoms with E-state index in [1.165, 1.54) is 99.6 Å². The van der Waals surface area contributed by atoms with Crippen LogP contribution in [0, 0.1) is 0 Å². The Morgan fingerprint density at radius 2 is 0.500 bits per heavy atom. The maximum atomic E-state index is 2.42. The molecule has 0 aliphatic rings. The molecule has 0 unspecified atom stereocenters. The Labute approximate surface area is 179 Å². The van der Waals surface area contributed by atoms with Crippen molar-refractivity contribution in [1.29, 1.82) is 0 Å². The molecular formula is C24H58N4+4. The summed E-state index contributed by atoms with van der Waals surface area (Å²) in [6, 6.07) is 0. The highest BCUT2D eigenvalue weighted by molar-refractivity contribution is 4.47. The molecule has 0 aromatic heterocycles. The highest BCUT2D eigenvalue weighted by atomic mass is 15.3. The summed E-state index contributed by atoms with van der Waals surface area (Å²) in [5.41, 5.74) is 0. The van der Waals surface area contributed by atoms with Crippen molar-refractivity contribution in [2.75, 3.05) is 110 Å². The van der Waals surface area contributed by atoms with Crippen molar-refractivity contribution in [3.63, 3.8) is 0 Å². The summed E-state index contributed by atoms with van der Waals surface area (Å²) in [6.07, 6.45) is 11.0. The topological polar surface area (TPSA) is 0 Å². The Kier molecular flexibility index (Phi) is 12.4. The molecule has 170 valence electrons. The van der Waals surface area contributed by atoms with E-state index in [0.29, 0.717) is 0 Å². The first-order chi connectivity index (χ1) is 12.6. The van der Waals surface area contributed by atoms with E-state index < -0.39 is 0 Å². The maximum absolute atomic E-state index is 2.42. The fraction of sp³-hybridized carbons (Fsp3) is 1.00. The predicted octanol–water partition coefficient (Wildman–Crippen LogP) is 3.67. The third-order valence-electron chi connectivity index (χ3n) is 5.96. The van der Waals surface area contributed by atoms with Gasteiger partial charge in [-0.25, -0.2) is 0 Å². The van der Waals surface area contributed by atoms with Crippen molar-refractivity contribution in [3.8, 4) is 0 Å². The molecule has 0 radical (unpaired) electrons. The molecule has 0 fully saturated rings. The van der Waals surface area contributed by atoms with Gasteiger partial charge in [-0.05, 0) is 25.7 Å². The summed E-state index contributed by atoms with van der Waals surface area (Å²) >= 11 is 0. The first-order valence-corrected chi connectivity index (χ1v) is 11.9. The molecule has 0 aliphatic carbocycles. The molecule has 0 saturated carbocycles. The molecule has 0 bridgehead atoms. The fourth-order valence-corrected chi connectivity index (χ4v) is 3.91. The first-order valence-electron chi connectivity index (χ1n) is 11.9. The van der Waals surface area contributed by atoms with Gasteiger partial charge in [-0.15, -0.1) is 0 Å². The molecule has 0 N–H and O–H groups in total. The van der Waals surface area contributed by atoms with Crippen molar-refractivity contribution < 1.29 is 17.9 Å². The SMILES string of the molecule is C[N+](C)(C)CCCC[N+](C)(C)CCCCCC[N+](C)(C)CCCC[N+](C)(C)C. The lowest BCUT2D eigenvalue weighted by molar-refractivity contribution is -0.893. The summed E-state index contributed by atoms with van der Waals surface area (Å²) in [5.74, 6) is 0. The highest BCUT2D eigenvalue weighted by Crippen LogP contribution is 2.11. The van der Waals surface area contributed by atoms with E-state index in [1.54, 1.807) is 0 Å². The summed E-state index contributed by atoms with van der Waals surface area (Å²) in [4.78, 5) is 0. The number of unbranched alkanes of at least 4 members (excludes halogenated alkanes) is 5. The Bertz CT molecular complexity index is 350. The molecule has 0 aromatic rings. The minimum absolute atomic E-state index is 1.10. The largest absolute Gasteiger partial charge is 0.331 e. The van der Waals surface area contributed by atoms with Gasteiger partial charge >= 0.3 is 0 Å². The van der Waals surface area contributed by atoms with Gasteiger partial charge in [-0.1, -0.05) is 0 Å². The predicted molar refractivity (Wildman–Crippen MR) is 126 cm³/mol. The third-order valence-corrected chi connectivity index (χ3v) is 5.96. The average Bonchev–Trinajstić information content (AvgIpc) is 2.50. The number of hydrogen-bond donors (Lipinski definition) is 0. The summed E-state index contributed by atoms with van der Waals surface area (Å²) in [7, 11) is 23.5. The average molecular weight is 403 g/mol. The van der Waals surface area contributed by atoms with Gasteiger partial charge in [0.25, 0.3) is 0 Å². The van der Waals surface area contributed by atoms with Crippen molar-refractivity contribution in [2.45, 2.75) is 51.4 Å². The first kappa shape index (κ1) is 27.8. The summed E-state index contributed by atoms with van der Waals surface area (Å²) < 4.78 is 4.59. The van der Waals surface area contributed by atoms with Gasteiger partial charge in [0.1, 0.15) is 0 Å². The van der Waals surface area contributed by atoms with Gasteiger partial charge < -0.3 is 17.9 Å². The zero-order valence-electron chi connectivity index (χ0n) is 21.7. The second-order valence-electron chi connectivity index (χ2n) is 12.6. The van der Waals surface area contributed by atoms with Gasteiger partial charge in [-0.3, -0.25) is 0 Å². The molecule has 4 heteroatoms. The van der Waals surface area contributed by atoms with Crippen LogP contribution in [-0.2, 0) is 0 Å². The number of rotatable bonds is 17. The molecule has 0 saturated heterocycles. The molecule has 0 aliphatic heterocycles. The van der Waals surface area contributed by atoms with Crippen molar-refractivity contribution in [1.82, 2.24) is 0 Å². The van der Waals surface area contributed by atoms with Gasteiger partial charge in [-0.2, -0.15) is 0 Å². The summed E-state index contributed by atoms with van der Waals surface area (Å²) in [6.45, 7) is 7.93. The minimum Gasteiger partial charge on any atom is -0.331 e. The van der Waals surface area contributed by atoms with Gasteiger partial charge in [0, 0.05) is 25.7 Å². The second-order valence-corrected chi connectivity index (χ2v) is 12.6. The number of nitrogens with zero attached hydrogens (tertiary/aromatic N) is 4. The third kappa shape index (κ3) is 19.2. The zero-order valence-corrected chi connectivity index (χ0v) is 21.7. The molecule has 28 heavy (non-hydrogen) atoms. The molecule has 0 aromatic carbocycles. The molecule has 0 spiro atoms. The van der Waals surface area contributed by atoms with E-state index in [2.05, 4.69) is 70.5 Å². The lowest BCUT2D eigenvalue weighted by Crippen LogP contribution is -2.42. The van der Waals surface area contributed by atoms with Crippen LogP contribution in [0.3, 0.4) is 0 Å². The van der Waals surface area contributed by atoms with Crippen LogP contribution in [0.2, 0.25) is 0 Å². The quantitative estimate of drug-likeness (QED) is 0.257. The molecular weight excluding hydrogens is 344 g/mol. The van der Waals surface area contributed by atoms with Crippen LogP contribution in [0.1, 0.15) is 51.4 Å². The van der Waals surface area contributed by atoms with Crippen LogP contribution in [0.4, 0.5) is 0 Å². The van der Waals surface area contributed by atoms with E-state index in [1.807, 2.05) is 0 Å². The number of quaternary nitrogens is 4. The van der Waals surface area contributed by atoms with Crippen LogP contribution in [0.15, 0.2) is 0 Å². The normalized spacial score (nSPS) is 13.9. The van der Waals surface area contributed by atoms with Crippen LogP contribution < -0.4 is 0 Å². The van der Waals surface area contributed by atoms with Crippen LogP contribution in [0.25, 0.3) is 0 Å². The van der Waals surface area contributed by atoms with Gasteiger partial charge in [0.05, 0.1) is 110 Å². The number of hydrogen-bond acceptors (Lipinski definition) is 0. The minimum atomic E-state index is 1.10. The molecule has 0 atom stereocenters. The van der Waals surface area contributed by atoms with E-state index in [-0.39, 0.29) is 0 Å². The Hall–Kier alpha value is -0.160. The maximum Gasteiger partial charge on any atom is 0.0784 e. The lowest BCUT2D eigenvalue weighted by atomic mass is 10.1. The zero-order chi connectivity index (χ0) is 21.9. The van der Waals surface area contributed by atoms with E-state index in [4.69, 9.17) is 0 Å². The Morgan fingerprint density at radius 3 is 0.750 bits per heavy atom. The van der Waals surface area contributed by atoms with E-state index in [0.717, 1.165) is 8.97 Å². The highest BCUT2D eigenvalue weighted by Gasteiger charge is 2.17. The second kappa shape index (κ2) is 12.5. The fourth-order valence-electron chi connectivity index (χ4n) is 3.91. The summed E-state index contributed by atoms with van der Waals surface area (Å²) in [5, 5.41) is 0. The monoisotopic (exact) mass is 402 g/mol. The van der Waals surface area contributed by atoms with E-state index >= 15 is 0 Å². The molecule has 0 heterocycles. The van der Waals surface area contributed by atoms with Crippen molar-refractivity contribution in [2.24, 2.45) is 0 Å². The molecule has 4 nitrogen and oxygen atoms in total. The molecule has 0 amide bonds. The van der Waals surface area contributed by atoms with Crippen molar-refractivity contribution in [3.05, 3.63) is 0 Å². The Morgan fingerprint density at radius 1 is 0.286 bits per heavy atom. The van der Waals surface area contributed by atoms with Gasteiger partial charge in [0.2, 0.25) is 0 Å². The van der Waals surface area contributed by atoms with Crippen LogP contribution >= 0.6 is 0 Å². The van der Waals surface area contributed by atoms with Crippen LogP contribution in [-0.4, -0.2) is 128 Å².